The van der Waals surface area contributed by atoms with Crippen molar-refractivity contribution in [3.05, 3.63) is 53.5 Å². The van der Waals surface area contributed by atoms with Gasteiger partial charge in [-0.1, -0.05) is 37.6 Å². The van der Waals surface area contributed by atoms with Gasteiger partial charge in [0.2, 0.25) is 5.88 Å². The van der Waals surface area contributed by atoms with Crippen molar-refractivity contribution in [2.24, 2.45) is 0 Å². The van der Waals surface area contributed by atoms with Crippen molar-refractivity contribution in [3.63, 3.8) is 0 Å². The summed E-state index contributed by atoms with van der Waals surface area (Å²) in [7, 11) is 1.54. The predicted molar refractivity (Wildman–Crippen MR) is 73.1 cm³/mol. The molecule has 4 heteroatoms. The van der Waals surface area contributed by atoms with Crippen LogP contribution in [0.25, 0.3) is 0 Å². The zero-order valence-electron chi connectivity index (χ0n) is 11.2. The van der Waals surface area contributed by atoms with Crippen LogP contribution in [-0.4, -0.2) is 22.2 Å². The summed E-state index contributed by atoms with van der Waals surface area (Å²) in [6.07, 6.45) is 2.73. The molecule has 1 N–H and O–H groups in total. The fourth-order valence-corrected chi connectivity index (χ4v) is 1.99. The molecule has 2 rings (SSSR count). The van der Waals surface area contributed by atoms with E-state index in [-0.39, 0.29) is 0 Å². The molecule has 100 valence electrons. The molecule has 0 aliphatic carbocycles. The number of methoxy groups -OCH3 is 1. The molecule has 1 aromatic heterocycles. The predicted octanol–water partition coefficient (Wildman–Crippen LogP) is 2.52. The zero-order chi connectivity index (χ0) is 13.7. The van der Waals surface area contributed by atoms with E-state index in [1.54, 1.807) is 13.2 Å². The van der Waals surface area contributed by atoms with Crippen LogP contribution in [0.15, 0.2) is 36.7 Å². The lowest BCUT2D eigenvalue weighted by Crippen LogP contribution is -2.04. The van der Waals surface area contributed by atoms with Crippen molar-refractivity contribution < 1.29 is 9.84 Å². The van der Waals surface area contributed by atoms with Crippen molar-refractivity contribution in [1.29, 1.82) is 0 Å². The molecule has 0 fully saturated rings. The van der Waals surface area contributed by atoms with Gasteiger partial charge in [0.05, 0.1) is 12.8 Å². The Hall–Kier alpha value is -1.94. The quantitative estimate of drug-likeness (QED) is 0.895. The van der Waals surface area contributed by atoms with E-state index in [0.29, 0.717) is 11.6 Å². The maximum absolute atomic E-state index is 10.4. The van der Waals surface area contributed by atoms with Crippen molar-refractivity contribution >= 4 is 0 Å². The summed E-state index contributed by atoms with van der Waals surface area (Å²) in [5, 5.41) is 10.4. The second-order valence-electron chi connectivity index (χ2n) is 4.38. The number of aryl methyl sites for hydroxylation is 1. The van der Waals surface area contributed by atoms with E-state index >= 15 is 0 Å². The molecule has 0 aliphatic rings. The Morgan fingerprint density at radius 1 is 1.26 bits per heavy atom. The first-order chi connectivity index (χ1) is 9.24. The van der Waals surface area contributed by atoms with Crippen molar-refractivity contribution in [2.75, 3.05) is 7.11 Å². The van der Waals surface area contributed by atoms with Gasteiger partial charge >= 0.3 is 0 Å². The number of ether oxygens (including phenoxy) is 1. The maximum Gasteiger partial charge on any atom is 0.216 e. The molecule has 0 amide bonds. The molecule has 0 spiro atoms. The zero-order valence-corrected chi connectivity index (χ0v) is 11.2. The molecule has 0 bridgehead atoms. The summed E-state index contributed by atoms with van der Waals surface area (Å²) < 4.78 is 5.04. The minimum Gasteiger partial charge on any atom is -0.481 e. The highest BCUT2D eigenvalue weighted by Crippen LogP contribution is 2.23. The van der Waals surface area contributed by atoms with Gasteiger partial charge in [-0.2, -0.15) is 0 Å². The van der Waals surface area contributed by atoms with Crippen LogP contribution in [0.5, 0.6) is 5.88 Å². The second-order valence-corrected chi connectivity index (χ2v) is 4.38. The van der Waals surface area contributed by atoms with E-state index in [4.69, 9.17) is 4.74 Å². The van der Waals surface area contributed by atoms with E-state index in [1.165, 1.54) is 11.9 Å². The standard InChI is InChI=1S/C15H18N2O2/c1-3-5-11-6-4-7-12(8-11)15(18)13-9-14(19-2)17-10-16-13/h4,6-10,15,18H,3,5H2,1-2H3. The van der Waals surface area contributed by atoms with Crippen LogP contribution < -0.4 is 4.74 Å². The van der Waals surface area contributed by atoms with Gasteiger partial charge in [-0.05, 0) is 17.5 Å². The molecule has 0 saturated heterocycles. The highest BCUT2D eigenvalue weighted by Gasteiger charge is 2.13. The SMILES string of the molecule is CCCc1cccc(C(O)c2cc(OC)ncn2)c1. The van der Waals surface area contributed by atoms with Gasteiger partial charge < -0.3 is 9.84 Å². The van der Waals surface area contributed by atoms with Crippen molar-refractivity contribution in [3.8, 4) is 5.88 Å². The number of aliphatic hydroxyl groups excluding tert-OH is 1. The molecule has 19 heavy (non-hydrogen) atoms. The highest BCUT2D eigenvalue weighted by atomic mass is 16.5. The fraction of sp³-hybridized carbons (Fsp3) is 0.333. The van der Waals surface area contributed by atoms with E-state index in [1.807, 2.05) is 18.2 Å². The van der Waals surface area contributed by atoms with Crippen molar-refractivity contribution in [1.82, 2.24) is 9.97 Å². The van der Waals surface area contributed by atoms with Gasteiger partial charge in [0.15, 0.2) is 0 Å². The highest BCUT2D eigenvalue weighted by molar-refractivity contribution is 5.31. The van der Waals surface area contributed by atoms with Gasteiger partial charge in [-0.15, -0.1) is 0 Å². The van der Waals surface area contributed by atoms with Gasteiger partial charge in [-0.25, -0.2) is 9.97 Å². The van der Waals surface area contributed by atoms with Crippen LogP contribution in [0.3, 0.4) is 0 Å². The van der Waals surface area contributed by atoms with Crippen LogP contribution in [0.4, 0.5) is 0 Å². The lowest BCUT2D eigenvalue weighted by Gasteiger charge is -2.12. The lowest BCUT2D eigenvalue weighted by atomic mass is 10.0. The number of hydrogen-bond donors (Lipinski definition) is 1. The summed E-state index contributed by atoms with van der Waals surface area (Å²) in [5.74, 6) is 0.453. The number of rotatable bonds is 5. The maximum atomic E-state index is 10.4. The summed E-state index contributed by atoms with van der Waals surface area (Å²) in [4.78, 5) is 8.03. The Kier molecular flexibility index (Phi) is 4.47. The largest absolute Gasteiger partial charge is 0.481 e. The molecule has 0 aliphatic heterocycles. The lowest BCUT2D eigenvalue weighted by molar-refractivity contribution is 0.214. The molecule has 0 saturated carbocycles. The summed E-state index contributed by atoms with van der Waals surface area (Å²) in [6.45, 7) is 2.14. The minimum absolute atomic E-state index is 0.453. The first-order valence-electron chi connectivity index (χ1n) is 6.37. The molecule has 4 nitrogen and oxygen atoms in total. The second kappa shape index (κ2) is 6.29. The van der Waals surface area contributed by atoms with Gasteiger partial charge in [0, 0.05) is 6.07 Å². The van der Waals surface area contributed by atoms with E-state index < -0.39 is 6.10 Å². The average molecular weight is 258 g/mol. The Balaban J connectivity index is 2.27. The van der Waals surface area contributed by atoms with E-state index in [9.17, 15) is 5.11 Å². The topological polar surface area (TPSA) is 55.2 Å². The number of aliphatic hydroxyl groups is 1. The van der Waals surface area contributed by atoms with Crippen LogP contribution >= 0.6 is 0 Å². The van der Waals surface area contributed by atoms with Crippen molar-refractivity contribution in [2.45, 2.75) is 25.9 Å². The Labute approximate surface area is 113 Å². The Morgan fingerprint density at radius 3 is 2.84 bits per heavy atom. The summed E-state index contributed by atoms with van der Waals surface area (Å²) >= 11 is 0. The minimum atomic E-state index is -0.756. The molecular formula is C15H18N2O2. The first-order valence-corrected chi connectivity index (χ1v) is 6.37. The Morgan fingerprint density at radius 2 is 2.11 bits per heavy atom. The van der Waals surface area contributed by atoms with E-state index in [2.05, 4.69) is 23.0 Å². The first kappa shape index (κ1) is 13.5. The average Bonchev–Trinajstić information content (AvgIpc) is 2.47. The normalized spacial score (nSPS) is 12.2. The van der Waals surface area contributed by atoms with Gasteiger partial charge in [-0.3, -0.25) is 0 Å². The van der Waals surface area contributed by atoms with Crippen LogP contribution in [0, 0.1) is 0 Å². The summed E-state index contributed by atoms with van der Waals surface area (Å²) in [5.41, 5.74) is 2.60. The number of hydrogen-bond acceptors (Lipinski definition) is 4. The molecule has 1 atom stereocenters. The fourth-order valence-electron chi connectivity index (χ4n) is 1.99. The van der Waals surface area contributed by atoms with Crippen LogP contribution in [0.1, 0.15) is 36.3 Å². The van der Waals surface area contributed by atoms with Gasteiger partial charge in [0.1, 0.15) is 12.4 Å². The van der Waals surface area contributed by atoms with E-state index in [0.717, 1.165) is 18.4 Å². The third kappa shape index (κ3) is 3.29. The molecule has 1 unspecified atom stereocenters. The van der Waals surface area contributed by atoms with Crippen LogP contribution in [-0.2, 0) is 6.42 Å². The number of aromatic nitrogens is 2. The Bertz CT molecular complexity index is 543. The number of nitrogens with zero attached hydrogens (tertiary/aromatic N) is 2. The molecule has 1 aromatic carbocycles. The molecule has 0 radical (unpaired) electrons. The molecular weight excluding hydrogens is 240 g/mol. The number of benzene rings is 1. The molecule has 2 aromatic rings. The third-order valence-corrected chi connectivity index (χ3v) is 2.96. The molecule has 1 heterocycles. The monoisotopic (exact) mass is 258 g/mol. The smallest absolute Gasteiger partial charge is 0.216 e. The van der Waals surface area contributed by atoms with Crippen LogP contribution in [0.2, 0.25) is 0 Å². The summed E-state index contributed by atoms with van der Waals surface area (Å²) in [6, 6.07) is 9.60. The van der Waals surface area contributed by atoms with Gasteiger partial charge in [0.25, 0.3) is 0 Å². The third-order valence-electron chi connectivity index (χ3n) is 2.96.